The molecule has 1 aliphatic rings. The zero-order chi connectivity index (χ0) is 30.4. The monoisotopic (exact) mass is 554 g/mol. The van der Waals surface area contributed by atoms with E-state index < -0.39 is 0 Å². The second-order valence-electron chi connectivity index (χ2n) is 9.65. The summed E-state index contributed by atoms with van der Waals surface area (Å²) in [6.07, 6.45) is 8.40. The van der Waals surface area contributed by atoms with E-state index in [4.69, 9.17) is 0 Å². The third-order valence-electron chi connectivity index (χ3n) is 6.70. The first-order valence-corrected chi connectivity index (χ1v) is 14.1. The quantitative estimate of drug-likeness (QED) is 0.141. The van der Waals surface area contributed by atoms with Crippen molar-refractivity contribution in [3.8, 4) is 0 Å². The summed E-state index contributed by atoms with van der Waals surface area (Å²) in [7, 11) is 3.89. The maximum Gasteiger partial charge on any atom is 0.150 e. The number of likely N-dealkylation sites (N-methyl/N-ethyl adjacent to an activating group) is 1. The Bertz CT molecular complexity index is 1360. The topological polar surface area (TPSA) is 76.6 Å². The Hall–Kier alpha value is -4.23. The number of amidine groups is 1. The van der Waals surface area contributed by atoms with Crippen LogP contribution < -0.4 is 10.2 Å². The molecule has 3 aromatic rings. The van der Waals surface area contributed by atoms with Gasteiger partial charge < -0.3 is 20.1 Å². The Kier molecular flexibility index (Phi) is 13.5. The van der Waals surface area contributed by atoms with Gasteiger partial charge in [0.25, 0.3) is 0 Å². The molecular formula is C34H46N6O. The van der Waals surface area contributed by atoms with Crippen molar-refractivity contribution < 1.29 is 4.79 Å². The van der Waals surface area contributed by atoms with Crippen LogP contribution in [-0.4, -0.2) is 67.3 Å². The van der Waals surface area contributed by atoms with Crippen molar-refractivity contribution in [2.24, 2.45) is 4.99 Å². The highest BCUT2D eigenvalue weighted by Gasteiger charge is 2.15. The third kappa shape index (κ3) is 9.72. The lowest BCUT2D eigenvalue weighted by Gasteiger charge is -2.33. The van der Waals surface area contributed by atoms with E-state index >= 15 is 0 Å². The predicted molar refractivity (Wildman–Crippen MR) is 178 cm³/mol. The molecule has 0 saturated carbocycles. The van der Waals surface area contributed by atoms with Gasteiger partial charge >= 0.3 is 0 Å². The molecule has 4 rings (SSSR count). The molecule has 0 atom stereocenters. The molecule has 0 amide bonds. The first-order chi connectivity index (χ1) is 19.8. The fourth-order valence-electron chi connectivity index (χ4n) is 4.30. The number of aliphatic imine (C=N–C) groups is 1. The number of pyridine rings is 1. The maximum atomic E-state index is 10.6. The number of hydrogen-bond acceptors (Lipinski definition) is 5. The molecule has 0 spiro atoms. The number of aryl methyl sites for hydroxylation is 2. The van der Waals surface area contributed by atoms with Crippen LogP contribution in [0.1, 0.15) is 59.2 Å². The molecule has 7 nitrogen and oxygen atoms in total. The minimum Gasteiger partial charge on any atom is -0.359 e. The van der Waals surface area contributed by atoms with Gasteiger partial charge in [-0.15, -0.1) is 0 Å². The van der Waals surface area contributed by atoms with E-state index in [1.54, 1.807) is 19.3 Å². The number of rotatable bonds is 7. The lowest BCUT2D eigenvalue weighted by Crippen LogP contribution is -2.44. The number of carbonyl (C=O) groups excluding carboxylic acids is 1. The normalized spacial score (nSPS) is 13.8. The molecule has 218 valence electrons. The van der Waals surface area contributed by atoms with Crippen LogP contribution in [0.15, 0.2) is 66.8 Å². The standard InChI is InChI=1S/C21H25N3.C11H15N3O.C2H6/c1-7-17-9-10-19(13-21(17)24-16(5)22-6)18(8-2)12-20-14(3)11-15(4)23-20;1-13-4-6-14(7-5-13)11-8-10(9-15)2-3-12-11;1-2/h7-13,23H,1-2H2,3-6H3,(H,22,24);2-3,8-9H,4-7H2,1H3;1-2H3/b18-12+;;. The van der Waals surface area contributed by atoms with E-state index in [2.05, 4.69) is 94.5 Å². The lowest BCUT2D eigenvalue weighted by atomic mass is 10.0. The number of aldehydes is 1. The first-order valence-electron chi connectivity index (χ1n) is 14.1. The smallest absolute Gasteiger partial charge is 0.150 e. The van der Waals surface area contributed by atoms with Crippen molar-refractivity contribution in [3.63, 3.8) is 0 Å². The molecule has 0 radical (unpaired) electrons. The number of hydrogen-bond donors (Lipinski definition) is 2. The molecule has 41 heavy (non-hydrogen) atoms. The van der Waals surface area contributed by atoms with Crippen LogP contribution in [0.25, 0.3) is 17.7 Å². The minimum atomic E-state index is 0.693. The summed E-state index contributed by atoms with van der Waals surface area (Å²) in [5.41, 5.74) is 8.35. The van der Waals surface area contributed by atoms with E-state index in [-0.39, 0.29) is 0 Å². The van der Waals surface area contributed by atoms with Gasteiger partial charge in [-0.2, -0.15) is 0 Å². The molecular weight excluding hydrogens is 508 g/mol. The van der Waals surface area contributed by atoms with Crippen molar-refractivity contribution in [1.82, 2.24) is 14.9 Å². The molecule has 1 aliphatic heterocycles. The Morgan fingerprint density at radius 3 is 2.34 bits per heavy atom. The van der Waals surface area contributed by atoms with E-state index in [9.17, 15) is 4.79 Å². The summed E-state index contributed by atoms with van der Waals surface area (Å²) in [4.78, 5) is 27.0. The minimum absolute atomic E-state index is 0.693. The molecule has 1 fully saturated rings. The van der Waals surface area contributed by atoms with Gasteiger partial charge in [-0.05, 0) is 80.4 Å². The van der Waals surface area contributed by atoms with Gasteiger partial charge in [0.2, 0.25) is 0 Å². The number of nitrogens with zero attached hydrogens (tertiary/aromatic N) is 4. The number of allylic oxidation sites excluding steroid dienone is 2. The summed E-state index contributed by atoms with van der Waals surface area (Å²) in [5.74, 6) is 1.77. The van der Waals surface area contributed by atoms with Gasteiger partial charge in [0.1, 0.15) is 12.1 Å². The number of anilines is 2. The second-order valence-corrected chi connectivity index (χ2v) is 9.65. The summed E-state index contributed by atoms with van der Waals surface area (Å²) in [5, 5.41) is 3.32. The lowest BCUT2D eigenvalue weighted by molar-refractivity contribution is 0.112. The summed E-state index contributed by atoms with van der Waals surface area (Å²) in [6.45, 7) is 22.0. The van der Waals surface area contributed by atoms with Crippen LogP contribution in [0.3, 0.4) is 0 Å². The predicted octanol–water partition coefficient (Wildman–Crippen LogP) is 7.13. The molecule has 1 aromatic carbocycles. The molecule has 2 aromatic heterocycles. The van der Waals surface area contributed by atoms with Crippen molar-refractivity contribution in [3.05, 3.63) is 95.5 Å². The van der Waals surface area contributed by atoms with Crippen molar-refractivity contribution in [2.45, 2.75) is 34.6 Å². The number of aromatic nitrogens is 2. The Balaban J connectivity index is 0.000000296. The molecule has 0 aliphatic carbocycles. The molecule has 7 heteroatoms. The second kappa shape index (κ2) is 16.8. The zero-order valence-corrected chi connectivity index (χ0v) is 25.8. The maximum absolute atomic E-state index is 10.6. The van der Waals surface area contributed by atoms with Crippen LogP contribution in [0.5, 0.6) is 0 Å². The molecule has 1 saturated heterocycles. The SMILES string of the molecule is C=C/C(=C\c1[nH]c(C)cc1C)c1ccc(C=C)c(NC(C)=NC)c1.CC.CN1CCN(c2cc(C=O)ccn2)CC1. The number of carbonyl (C=O) groups is 1. The summed E-state index contributed by atoms with van der Waals surface area (Å²) in [6, 6.07) is 12.0. The molecule has 0 bridgehead atoms. The fraction of sp³-hybridized carbons (Fsp3) is 0.324. The average molecular weight is 555 g/mol. The van der Waals surface area contributed by atoms with Crippen LogP contribution in [-0.2, 0) is 0 Å². The Labute approximate surface area is 246 Å². The van der Waals surface area contributed by atoms with Gasteiger partial charge in [-0.3, -0.25) is 9.79 Å². The van der Waals surface area contributed by atoms with Crippen LogP contribution >= 0.6 is 0 Å². The third-order valence-corrected chi connectivity index (χ3v) is 6.70. The highest BCUT2D eigenvalue weighted by atomic mass is 16.1. The number of H-pyrrole nitrogens is 1. The van der Waals surface area contributed by atoms with Crippen molar-refractivity contribution in [1.29, 1.82) is 0 Å². The van der Waals surface area contributed by atoms with E-state index in [1.165, 1.54) is 5.56 Å². The Morgan fingerprint density at radius 2 is 1.78 bits per heavy atom. The van der Waals surface area contributed by atoms with Gasteiger partial charge in [-0.1, -0.05) is 51.3 Å². The number of benzene rings is 1. The Morgan fingerprint density at radius 1 is 1.07 bits per heavy atom. The van der Waals surface area contributed by atoms with Crippen LogP contribution in [0, 0.1) is 13.8 Å². The highest BCUT2D eigenvalue weighted by Crippen LogP contribution is 2.27. The van der Waals surface area contributed by atoms with Crippen LogP contribution in [0.4, 0.5) is 11.5 Å². The fourth-order valence-corrected chi connectivity index (χ4v) is 4.30. The van der Waals surface area contributed by atoms with Gasteiger partial charge in [0.15, 0.2) is 0 Å². The van der Waals surface area contributed by atoms with E-state index in [1.807, 2.05) is 39.0 Å². The van der Waals surface area contributed by atoms with E-state index in [0.29, 0.717) is 5.56 Å². The number of piperazine rings is 1. The highest BCUT2D eigenvalue weighted by molar-refractivity contribution is 5.97. The van der Waals surface area contributed by atoms with E-state index in [0.717, 1.165) is 77.9 Å². The van der Waals surface area contributed by atoms with Crippen molar-refractivity contribution >= 4 is 41.4 Å². The molecule has 2 N–H and O–H groups in total. The van der Waals surface area contributed by atoms with Gasteiger partial charge in [0, 0.05) is 62.1 Å². The summed E-state index contributed by atoms with van der Waals surface area (Å²) < 4.78 is 0. The van der Waals surface area contributed by atoms with Crippen LogP contribution in [0.2, 0.25) is 0 Å². The molecule has 3 heterocycles. The largest absolute Gasteiger partial charge is 0.359 e. The van der Waals surface area contributed by atoms with Gasteiger partial charge in [0.05, 0.1) is 5.84 Å². The number of nitrogens with one attached hydrogen (secondary N) is 2. The average Bonchev–Trinajstić information content (AvgIpc) is 3.33. The molecule has 0 unspecified atom stereocenters. The zero-order valence-electron chi connectivity index (χ0n) is 25.8. The number of aromatic amines is 1. The van der Waals surface area contributed by atoms with Crippen molar-refractivity contribution in [2.75, 3.05) is 50.5 Å². The summed E-state index contributed by atoms with van der Waals surface area (Å²) >= 11 is 0. The van der Waals surface area contributed by atoms with Gasteiger partial charge in [-0.25, -0.2) is 4.98 Å². The first kappa shape index (κ1) is 33.0.